The fourth-order valence-electron chi connectivity index (χ4n) is 0.500. The molecule has 0 spiro atoms. The van der Waals surface area contributed by atoms with E-state index in [2.05, 4.69) is 33.3 Å². The molecule has 1 aromatic rings. The lowest BCUT2D eigenvalue weighted by molar-refractivity contribution is 0.441. The van der Waals surface area contributed by atoms with Crippen LogP contribution < -0.4 is 10.9 Å². The van der Waals surface area contributed by atoms with E-state index in [0.717, 1.165) is 0 Å². The van der Waals surface area contributed by atoms with Crippen molar-refractivity contribution in [3.8, 4) is 0 Å². The van der Waals surface area contributed by atoms with Crippen LogP contribution in [0.15, 0.2) is 4.42 Å². The van der Waals surface area contributed by atoms with Crippen molar-refractivity contribution in [2.24, 2.45) is 0 Å². The van der Waals surface area contributed by atoms with Crippen molar-refractivity contribution in [3.63, 3.8) is 0 Å². The van der Waals surface area contributed by atoms with Crippen LogP contribution in [0.2, 0.25) is 0 Å². The van der Waals surface area contributed by atoms with Crippen molar-refractivity contribution in [1.82, 2.24) is 21.0 Å². The number of H-pyrrole nitrogens is 1. The lowest BCUT2D eigenvalue weighted by Gasteiger charge is -1.94. The summed E-state index contributed by atoms with van der Waals surface area (Å²) in [4.78, 5) is 0.299. The van der Waals surface area contributed by atoms with Gasteiger partial charge in [-0.15, -0.1) is 5.10 Å². The van der Waals surface area contributed by atoms with E-state index in [-0.39, 0.29) is 0 Å². The molecule has 1 heterocycles. The lowest BCUT2D eigenvalue weighted by Crippen LogP contribution is -2.26. The second kappa shape index (κ2) is 3.45. The van der Waals surface area contributed by atoms with Crippen LogP contribution in [0, 0.1) is 4.84 Å². The van der Waals surface area contributed by atoms with Gasteiger partial charge in [-0.25, -0.2) is 10.5 Å². The number of hydrogen-bond donors (Lipinski definition) is 3. The van der Waals surface area contributed by atoms with E-state index in [1.165, 1.54) is 0 Å². The topological polar surface area (TPSA) is 65.9 Å². The van der Waals surface area contributed by atoms with Gasteiger partial charge in [-0.3, -0.25) is 5.43 Å². The molecule has 6 heteroatoms. The Hall–Kier alpha value is -0.720. The normalized spacial score (nSPS) is 10.1. The van der Waals surface area contributed by atoms with Crippen molar-refractivity contribution in [2.75, 3.05) is 7.05 Å². The highest BCUT2D eigenvalue weighted by Crippen LogP contribution is 1.91. The zero-order chi connectivity index (χ0) is 7.40. The van der Waals surface area contributed by atoms with Gasteiger partial charge < -0.3 is 4.42 Å². The first kappa shape index (κ1) is 7.39. The summed E-state index contributed by atoms with van der Waals surface area (Å²) >= 11 is 4.65. The van der Waals surface area contributed by atoms with Gasteiger partial charge in [0.15, 0.2) is 0 Å². The molecule has 0 unspecified atom stereocenters. The molecule has 0 atom stereocenters. The van der Waals surface area contributed by atoms with E-state index in [4.69, 9.17) is 4.42 Å². The second-order valence-corrected chi connectivity index (χ2v) is 1.98. The van der Waals surface area contributed by atoms with Crippen LogP contribution in [0.3, 0.4) is 0 Å². The van der Waals surface area contributed by atoms with E-state index < -0.39 is 0 Å². The van der Waals surface area contributed by atoms with Crippen molar-refractivity contribution < 1.29 is 4.42 Å². The summed E-state index contributed by atoms with van der Waals surface area (Å²) in [7, 11) is 1.77. The predicted molar refractivity (Wildman–Crippen MR) is 37.6 cm³/mol. The minimum Gasteiger partial charge on any atom is -0.413 e. The third-order valence-electron chi connectivity index (χ3n) is 0.899. The fourth-order valence-corrected chi connectivity index (χ4v) is 0.642. The zero-order valence-corrected chi connectivity index (χ0v) is 6.29. The molecule has 0 saturated heterocycles. The van der Waals surface area contributed by atoms with Gasteiger partial charge in [-0.2, -0.15) is 0 Å². The van der Waals surface area contributed by atoms with E-state index in [9.17, 15) is 0 Å². The van der Waals surface area contributed by atoms with E-state index in [1.54, 1.807) is 7.05 Å². The Kier molecular flexibility index (Phi) is 2.55. The molecule has 1 rings (SSSR count). The average Bonchev–Trinajstić information content (AvgIpc) is 2.31. The molecule has 0 fully saturated rings. The Morgan fingerprint density at radius 1 is 1.80 bits per heavy atom. The van der Waals surface area contributed by atoms with Gasteiger partial charge in [-0.05, 0) is 19.3 Å². The van der Waals surface area contributed by atoms with E-state index in [0.29, 0.717) is 17.3 Å². The summed E-state index contributed by atoms with van der Waals surface area (Å²) in [6, 6.07) is 0. The van der Waals surface area contributed by atoms with Crippen molar-refractivity contribution >= 4 is 12.2 Å². The Labute approximate surface area is 62.8 Å². The molecule has 10 heavy (non-hydrogen) atoms. The molecule has 0 aliphatic carbocycles. The van der Waals surface area contributed by atoms with Crippen LogP contribution in [0.5, 0.6) is 0 Å². The SMILES string of the molecule is CNNCc1n[nH]c(=S)o1. The highest BCUT2D eigenvalue weighted by atomic mass is 32.1. The van der Waals surface area contributed by atoms with Gasteiger partial charge in [0.2, 0.25) is 5.89 Å². The number of nitrogens with one attached hydrogen (secondary N) is 3. The summed E-state index contributed by atoms with van der Waals surface area (Å²) in [5.41, 5.74) is 5.53. The number of hydrazine groups is 1. The molecule has 0 aliphatic heterocycles. The van der Waals surface area contributed by atoms with E-state index >= 15 is 0 Å². The van der Waals surface area contributed by atoms with Gasteiger partial charge >= 0.3 is 0 Å². The highest BCUT2D eigenvalue weighted by molar-refractivity contribution is 7.71. The molecule has 1 aromatic heterocycles. The standard InChI is InChI=1S/C4H8N4OS/c1-5-6-2-3-7-8-4(10)9-3/h5-6H,2H2,1H3,(H,8,10). The molecular weight excluding hydrogens is 152 g/mol. The first-order valence-electron chi connectivity index (χ1n) is 2.77. The maximum absolute atomic E-state index is 4.93. The monoisotopic (exact) mass is 160 g/mol. The first-order chi connectivity index (χ1) is 4.83. The summed E-state index contributed by atoms with van der Waals surface area (Å²) in [6.07, 6.45) is 0. The predicted octanol–water partition coefficient (Wildman–Crippen LogP) is -0.0438. The summed E-state index contributed by atoms with van der Waals surface area (Å²) in [5.74, 6) is 0.541. The van der Waals surface area contributed by atoms with Gasteiger partial charge in [-0.1, -0.05) is 0 Å². The maximum atomic E-state index is 4.93. The minimum atomic E-state index is 0.299. The summed E-state index contributed by atoms with van der Waals surface area (Å²) < 4.78 is 4.93. The first-order valence-corrected chi connectivity index (χ1v) is 3.17. The molecule has 3 N–H and O–H groups in total. The Balaban J connectivity index is 2.50. The fraction of sp³-hybridized carbons (Fsp3) is 0.500. The number of hydrogen-bond acceptors (Lipinski definition) is 5. The molecule has 0 aromatic carbocycles. The number of nitrogens with zero attached hydrogens (tertiary/aromatic N) is 1. The third-order valence-corrected chi connectivity index (χ3v) is 1.07. The molecular formula is C4H8N4OS. The van der Waals surface area contributed by atoms with Crippen LogP contribution in [-0.2, 0) is 6.54 Å². The van der Waals surface area contributed by atoms with E-state index in [1.807, 2.05) is 0 Å². The van der Waals surface area contributed by atoms with Gasteiger partial charge in [0.05, 0.1) is 6.54 Å². The lowest BCUT2D eigenvalue weighted by atomic mass is 10.7. The second-order valence-electron chi connectivity index (χ2n) is 1.61. The van der Waals surface area contributed by atoms with Crippen LogP contribution in [-0.4, -0.2) is 17.2 Å². The Bertz CT molecular complexity index is 241. The number of aromatic nitrogens is 2. The molecule has 0 radical (unpaired) electrons. The number of aromatic amines is 1. The van der Waals surface area contributed by atoms with Crippen molar-refractivity contribution in [3.05, 3.63) is 10.7 Å². The molecule has 0 amide bonds. The Morgan fingerprint density at radius 2 is 2.60 bits per heavy atom. The van der Waals surface area contributed by atoms with Crippen LogP contribution in [0.4, 0.5) is 0 Å². The van der Waals surface area contributed by atoms with Gasteiger partial charge in [0, 0.05) is 0 Å². The van der Waals surface area contributed by atoms with Gasteiger partial charge in [0.25, 0.3) is 4.84 Å². The largest absolute Gasteiger partial charge is 0.413 e. The minimum absolute atomic E-state index is 0.299. The molecule has 0 saturated carbocycles. The third kappa shape index (κ3) is 1.90. The quantitative estimate of drug-likeness (QED) is 0.427. The molecule has 56 valence electrons. The highest BCUT2D eigenvalue weighted by Gasteiger charge is 1.95. The maximum Gasteiger partial charge on any atom is 0.284 e. The van der Waals surface area contributed by atoms with Crippen LogP contribution in [0.25, 0.3) is 0 Å². The van der Waals surface area contributed by atoms with Crippen LogP contribution >= 0.6 is 12.2 Å². The molecule has 0 aliphatic rings. The zero-order valence-electron chi connectivity index (χ0n) is 5.47. The summed E-state index contributed by atoms with van der Waals surface area (Å²) in [6.45, 7) is 0.518. The molecule has 5 nitrogen and oxygen atoms in total. The van der Waals surface area contributed by atoms with Crippen molar-refractivity contribution in [1.29, 1.82) is 0 Å². The Morgan fingerprint density at radius 3 is 3.10 bits per heavy atom. The van der Waals surface area contributed by atoms with Crippen LogP contribution in [0.1, 0.15) is 5.89 Å². The average molecular weight is 160 g/mol. The summed E-state index contributed by atoms with van der Waals surface area (Å²) in [5, 5.41) is 6.26. The van der Waals surface area contributed by atoms with Crippen molar-refractivity contribution in [2.45, 2.75) is 6.54 Å². The molecule has 0 bridgehead atoms. The van der Waals surface area contributed by atoms with Gasteiger partial charge in [0.1, 0.15) is 0 Å². The number of rotatable bonds is 3. The smallest absolute Gasteiger partial charge is 0.284 e.